The van der Waals surface area contributed by atoms with Gasteiger partial charge >= 0.3 is 0 Å². The second-order valence-electron chi connectivity index (χ2n) is 5.63. The molecule has 0 radical (unpaired) electrons. The molecule has 0 aliphatic carbocycles. The van der Waals surface area contributed by atoms with Crippen LogP contribution < -0.4 is 0 Å². The maximum atomic E-state index is 3.10. The standard InChI is InChI=1S/C15H33P/c1-4-6-8-10-12-14-15(3,16)13-11-9-7-5-2/h4-14,16H2,1-3H3. The molecule has 0 saturated carbocycles. The van der Waals surface area contributed by atoms with E-state index in [-0.39, 0.29) is 0 Å². The van der Waals surface area contributed by atoms with Gasteiger partial charge in [-0.25, -0.2) is 0 Å². The van der Waals surface area contributed by atoms with Gasteiger partial charge < -0.3 is 0 Å². The molecule has 0 fully saturated rings. The van der Waals surface area contributed by atoms with Gasteiger partial charge in [0.25, 0.3) is 0 Å². The topological polar surface area (TPSA) is 0 Å². The highest BCUT2D eigenvalue weighted by Gasteiger charge is 2.16. The molecule has 98 valence electrons. The molecule has 0 spiro atoms. The summed E-state index contributed by atoms with van der Waals surface area (Å²) in [6.45, 7) is 6.99. The lowest BCUT2D eigenvalue weighted by atomic mass is 9.95. The summed E-state index contributed by atoms with van der Waals surface area (Å²) >= 11 is 0. The van der Waals surface area contributed by atoms with Crippen molar-refractivity contribution >= 4 is 9.24 Å². The fourth-order valence-electron chi connectivity index (χ4n) is 2.21. The Morgan fingerprint density at radius 1 is 0.688 bits per heavy atom. The van der Waals surface area contributed by atoms with Gasteiger partial charge in [-0.05, 0) is 18.0 Å². The number of unbranched alkanes of at least 4 members (excludes halogenated alkanes) is 7. The van der Waals surface area contributed by atoms with Crippen LogP contribution in [0.25, 0.3) is 0 Å². The summed E-state index contributed by atoms with van der Waals surface area (Å²) in [5, 5.41) is 0.514. The first-order valence-corrected chi connectivity index (χ1v) is 7.99. The zero-order chi connectivity index (χ0) is 12.3. The summed E-state index contributed by atoms with van der Waals surface area (Å²) in [7, 11) is 3.10. The molecule has 0 rings (SSSR count). The molecule has 0 heterocycles. The van der Waals surface area contributed by atoms with E-state index < -0.39 is 0 Å². The second-order valence-corrected chi connectivity index (χ2v) is 7.02. The summed E-state index contributed by atoms with van der Waals surface area (Å²) in [6.07, 6.45) is 15.5. The lowest BCUT2D eigenvalue weighted by Gasteiger charge is -2.24. The summed E-state index contributed by atoms with van der Waals surface area (Å²) in [4.78, 5) is 0. The van der Waals surface area contributed by atoms with Crippen LogP contribution in [0.3, 0.4) is 0 Å². The monoisotopic (exact) mass is 244 g/mol. The smallest absolute Gasteiger partial charge is 0.0178 e. The average Bonchev–Trinajstić information content (AvgIpc) is 2.24. The molecule has 0 N–H and O–H groups in total. The Hall–Kier alpha value is 0.430. The Morgan fingerprint density at radius 2 is 1.06 bits per heavy atom. The van der Waals surface area contributed by atoms with Crippen molar-refractivity contribution in [3.8, 4) is 0 Å². The molecule has 0 aromatic carbocycles. The van der Waals surface area contributed by atoms with Crippen molar-refractivity contribution in [2.45, 2.75) is 96.6 Å². The number of hydrogen-bond donors (Lipinski definition) is 0. The Balaban J connectivity index is 3.38. The predicted octanol–water partition coefficient (Wildman–Crippen LogP) is 5.95. The van der Waals surface area contributed by atoms with Crippen LogP contribution in [0.5, 0.6) is 0 Å². The van der Waals surface area contributed by atoms with Crippen LogP contribution in [0, 0.1) is 0 Å². The van der Waals surface area contributed by atoms with E-state index in [9.17, 15) is 0 Å². The fourth-order valence-corrected chi connectivity index (χ4v) is 2.62. The molecule has 0 amide bonds. The first-order chi connectivity index (χ1) is 7.62. The minimum Gasteiger partial charge on any atom is -0.131 e. The highest BCUT2D eigenvalue weighted by atomic mass is 31.0. The van der Waals surface area contributed by atoms with Gasteiger partial charge in [0.05, 0.1) is 0 Å². The quantitative estimate of drug-likeness (QED) is 0.311. The molecule has 16 heavy (non-hydrogen) atoms. The SMILES string of the molecule is CCCCCCCC(C)(P)CCCCCC. The molecule has 0 aliphatic heterocycles. The maximum absolute atomic E-state index is 3.10. The van der Waals surface area contributed by atoms with E-state index in [0.717, 1.165) is 0 Å². The third-order valence-corrected chi connectivity index (χ3v) is 4.03. The minimum atomic E-state index is 0.514. The van der Waals surface area contributed by atoms with Gasteiger partial charge in [0.1, 0.15) is 0 Å². The van der Waals surface area contributed by atoms with Gasteiger partial charge in [-0.2, -0.15) is 0 Å². The molecule has 0 aliphatic rings. The molecule has 0 saturated heterocycles. The summed E-state index contributed by atoms with van der Waals surface area (Å²) in [6, 6.07) is 0. The second kappa shape index (κ2) is 10.6. The van der Waals surface area contributed by atoms with Gasteiger partial charge in [0.15, 0.2) is 0 Å². The summed E-state index contributed by atoms with van der Waals surface area (Å²) in [5.74, 6) is 0. The Labute approximate surface area is 106 Å². The first kappa shape index (κ1) is 16.4. The van der Waals surface area contributed by atoms with Crippen LogP contribution in [0.2, 0.25) is 0 Å². The van der Waals surface area contributed by atoms with E-state index in [1.165, 1.54) is 70.6 Å². The molecule has 0 aromatic rings. The predicted molar refractivity (Wildman–Crippen MR) is 80.3 cm³/mol. The summed E-state index contributed by atoms with van der Waals surface area (Å²) < 4.78 is 0. The van der Waals surface area contributed by atoms with Crippen LogP contribution in [-0.2, 0) is 0 Å². The van der Waals surface area contributed by atoms with Crippen molar-refractivity contribution < 1.29 is 0 Å². The van der Waals surface area contributed by atoms with E-state index in [0.29, 0.717) is 5.16 Å². The van der Waals surface area contributed by atoms with Crippen molar-refractivity contribution in [1.82, 2.24) is 0 Å². The molecule has 2 unspecified atom stereocenters. The number of rotatable bonds is 11. The zero-order valence-corrected chi connectivity index (χ0v) is 13.0. The van der Waals surface area contributed by atoms with Gasteiger partial charge in [-0.15, -0.1) is 9.24 Å². The lowest BCUT2D eigenvalue weighted by Crippen LogP contribution is -2.15. The molecule has 0 bridgehead atoms. The molecule has 0 nitrogen and oxygen atoms in total. The molecular weight excluding hydrogens is 211 g/mol. The Bertz CT molecular complexity index is 140. The number of hydrogen-bond acceptors (Lipinski definition) is 0. The van der Waals surface area contributed by atoms with Gasteiger partial charge in [-0.1, -0.05) is 78.6 Å². The van der Waals surface area contributed by atoms with Crippen LogP contribution >= 0.6 is 9.24 Å². The van der Waals surface area contributed by atoms with Crippen molar-refractivity contribution in [2.24, 2.45) is 0 Å². The molecule has 2 atom stereocenters. The van der Waals surface area contributed by atoms with Crippen molar-refractivity contribution in [2.75, 3.05) is 0 Å². The Morgan fingerprint density at radius 3 is 1.50 bits per heavy atom. The first-order valence-electron chi connectivity index (χ1n) is 7.41. The normalized spacial score (nSPS) is 15.0. The summed E-state index contributed by atoms with van der Waals surface area (Å²) in [5.41, 5.74) is 0. The molecule has 1 heteroatoms. The molecular formula is C15H33P. The molecule has 0 aromatic heterocycles. The minimum absolute atomic E-state index is 0.514. The van der Waals surface area contributed by atoms with Crippen LogP contribution in [-0.4, -0.2) is 5.16 Å². The fraction of sp³-hybridized carbons (Fsp3) is 1.00. The van der Waals surface area contributed by atoms with E-state index in [4.69, 9.17) is 0 Å². The third-order valence-electron chi connectivity index (χ3n) is 3.45. The van der Waals surface area contributed by atoms with Crippen molar-refractivity contribution in [3.05, 3.63) is 0 Å². The Kier molecular flexibility index (Phi) is 10.9. The van der Waals surface area contributed by atoms with Crippen LogP contribution in [0.15, 0.2) is 0 Å². The lowest BCUT2D eigenvalue weighted by molar-refractivity contribution is 0.471. The van der Waals surface area contributed by atoms with Crippen molar-refractivity contribution in [3.63, 3.8) is 0 Å². The maximum Gasteiger partial charge on any atom is -0.0178 e. The van der Waals surface area contributed by atoms with E-state index in [1.807, 2.05) is 0 Å². The highest BCUT2D eigenvalue weighted by Crippen LogP contribution is 2.31. The van der Waals surface area contributed by atoms with Crippen LogP contribution in [0.4, 0.5) is 0 Å². The van der Waals surface area contributed by atoms with Gasteiger partial charge in [0, 0.05) is 0 Å². The van der Waals surface area contributed by atoms with E-state index in [2.05, 4.69) is 30.0 Å². The average molecular weight is 244 g/mol. The van der Waals surface area contributed by atoms with E-state index in [1.54, 1.807) is 0 Å². The highest BCUT2D eigenvalue weighted by molar-refractivity contribution is 7.18. The largest absolute Gasteiger partial charge is 0.131 e. The van der Waals surface area contributed by atoms with Gasteiger partial charge in [-0.3, -0.25) is 0 Å². The van der Waals surface area contributed by atoms with Gasteiger partial charge in [0.2, 0.25) is 0 Å². The third kappa shape index (κ3) is 10.9. The van der Waals surface area contributed by atoms with Crippen molar-refractivity contribution in [1.29, 1.82) is 0 Å². The van der Waals surface area contributed by atoms with E-state index >= 15 is 0 Å². The zero-order valence-electron chi connectivity index (χ0n) is 11.9. The van der Waals surface area contributed by atoms with Crippen LogP contribution in [0.1, 0.15) is 91.4 Å².